The highest BCUT2D eigenvalue weighted by Gasteiger charge is 2.28. The molecule has 3 heterocycles. The lowest BCUT2D eigenvalue weighted by Gasteiger charge is -2.30. The molecule has 3 rings (SSSR count). The number of thiophene rings is 1. The van der Waals surface area contributed by atoms with Gasteiger partial charge in [-0.05, 0) is 31.9 Å². The smallest absolute Gasteiger partial charge is 0.348 e. The topological polar surface area (TPSA) is 76.6 Å². The number of esters is 1. The van der Waals surface area contributed by atoms with E-state index in [1.165, 1.54) is 18.4 Å². The van der Waals surface area contributed by atoms with Gasteiger partial charge in [-0.25, -0.2) is 9.78 Å². The Morgan fingerprint density at radius 3 is 2.38 bits per heavy atom. The van der Waals surface area contributed by atoms with E-state index < -0.39 is 5.97 Å². The van der Waals surface area contributed by atoms with Gasteiger partial charge in [0, 0.05) is 25.9 Å². The summed E-state index contributed by atoms with van der Waals surface area (Å²) in [6.07, 6.45) is 1.65. The van der Waals surface area contributed by atoms with Crippen LogP contribution in [-0.4, -0.2) is 47.7 Å². The molecule has 1 saturated heterocycles. The van der Waals surface area contributed by atoms with Crippen LogP contribution in [0.25, 0.3) is 0 Å². The van der Waals surface area contributed by atoms with Gasteiger partial charge in [0.25, 0.3) is 5.91 Å². The summed E-state index contributed by atoms with van der Waals surface area (Å²) in [7, 11) is 1.33. The molecule has 6 nitrogen and oxygen atoms in total. The van der Waals surface area contributed by atoms with Crippen molar-refractivity contribution in [3.8, 4) is 0 Å². The van der Waals surface area contributed by atoms with Crippen LogP contribution in [-0.2, 0) is 4.74 Å². The number of ketones is 1. The minimum absolute atomic E-state index is 0.0525. The number of nitrogens with zero attached hydrogens (tertiary/aromatic N) is 2. The molecule has 0 unspecified atom stereocenters. The van der Waals surface area contributed by atoms with E-state index in [0.29, 0.717) is 22.8 Å². The number of aryl methyl sites for hydroxylation is 1. The summed E-state index contributed by atoms with van der Waals surface area (Å²) in [5.74, 6) is -0.140. The molecule has 0 spiro atoms. The van der Waals surface area contributed by atoms with Crippen molar-refractivity contribution in [1.82, 2.24) is 9.88 Å². The summed E-state index contributed by atoms with van der Waals surface area (Å²) < 4.78 is 4.68. The Balaban J connectivity index is 1.64. The number of ether oxygens (including phenoxy) is 1. The normalized spacial score (nSPS) is 15.1. The van der Waals surface area contributed by atoms with Crippen molar-refractivity contribution in [1.29, 1.82) is 0 Å². The second-order valence-corrected chi connectivity index (χ2v) is 8.36. The minimum atomic E-state index is -0.423. The molecule has 0 saturated carbocycles. The average Bonchev–Trinajstić information content (AvgIpc) is 3.27. The van der Waals surface area contributed by atoms with Crippen molar-refractivity contribution >= 4 is 40.3 Å². The van der Waals surface area contributed by atoms with E-state index in [1.807, 2.05) is 11.8 Å². The molecule has 26 heavy (non-hydrogen) atoms. The predicted molar refractivity (Wildman–Crippen MR) is 100 cm³/mol. The van der Waals surface area contributed by atoms with Crippen LogP contribution in [0.15, 0.2) is 12.1 Å². The molecule has 138 valence electrons. The molecule has 1 fully saturated rings. The van der Waals surface area contributed by atoms with Gasteiger partial charge in [0.1, 0.15) is 4.88 Å². The molecule has 0 aliphatic carbocycles. The Bertz CT molecular complexity index is 847. The van der Waals surface area contributed by atoms with E-state index in [-0.39, 0.29) is 17.6 Å². The zero-order valence-corrected chi connectivity index (χ0v) is 16.5. The van der Waals surface area contributed by atoms with Crippen LogP contribution in [0.3, 0.4) is 0 Å². The molecule has 0 N–H and O–H groups in total. The summed E-state index contributed by atoms with van der Waals surface area (Å²) in [5, 5.41) is 0.990. The Kier molecular flexibility index (Phi) is 5.52. The van der Waals surface area contributed by atoms with E-state index in [0.717, 1.165) is 39.8 Å². The number of thiazole rings is 1. The Morgan fingerprint density at radius 1 is 1.15 bits per heavy atom. The first kappa shape index (κ1) is 18.7. The van der Waals surface area contributed by atoms with E-state index >= 15 is 0 Å². The third-order valence-corrected chi connectivity index (χ3v) is 6.94. The zero-order chi connectivity index (χ0) is 18.8. The third kappa shape index (κ3) is 3.71. The summed E-state index contributed by atoms with van der Waals surface area (Å²) in [6, 6.07) is 3.30. The number of Topliss-reactive ketones (excluding diaryl/α,β-unsaturated/α-hetero) is 1. The van der Waals surface area contributed by atoms with Crippen LogP contribution in [0.5, 0.6) is 0 Å². The summed E-state index contributed by atoms with van der Waals surface area (Å²) >= 11 is 2.64. The minimum Gasteiger partial charge on any atom is -0.465 e. The summed E-state index contributed by atoms with van der Waals surface area (Å²) in [5.41, 5.74) is 0.796. The first-order valence-electron chi connectivity index (χ1n) is 8.36. The number of hydrogen-bond donors (Lipinski definition) is 0. The fourth-order valence-electron chi connectivity index (χ4n) is 3.07. The third-order valence-electron chi connectivity index (χ3n) is 4.47. The Labute approximate surface area is 159 Å². The van der Waals surface area contributed by atoms with Gasteiger partial charge in [0.2, 0.25) is 0 Å². The van der Waals surface area contributed by atoms with Crippen LogP contribution in [0.1, 0.15) is 65.4 Å². The maximum absolute atomic E-state index is 12.6. The lowest BCUT2D eigenvalue weighted by Crippen LogP contribution is -2.37. The van der Waals surface area contributed by atoms with Crippen LogP contribution in [0, 0.1) is 6.92 Å². The lowest BCUT2D eigenvalue weighted by atomic mass is 9.97. The molecule has 8 heteroatoms. The molecule has 0 aromatic carbocycles. The van der Waals surface area contributed by atoms with Crippen molar-refractivity contribution in [2.45, 2.75) is 32.6 Å². The largest absolute Gasteiger partial charge is 0.465 e. The molecule has 0 atom stereocenters. The number of hydrogen-bond acceptors (Lipinski definition) is 7. The number of likely N-dealkylation sites (tertiary alicyclic amines) is 1. The van der Waals surface area contributed by atoms with Gasteiger partial charge in [-0.15, -0.1) is 22.7 Å². The highest BCUT2D eigenvalue weighted by atomic mass is 32.1. The molecular formula is C18H20N2O4S2. The standard InChI is InChI=1S/C18H20N2O4S2/c1-10-15(11(2)21)26-16(19-10)12-6-8-20(9-7-12)17(22)13-4-5-14(25-13)18(23)24-3/h4-5,12H,6-9H2,1-3H3. The van der Waals surface area contributed by atoms with Crippen molar-refractivity contribution < 1.29 is 19.1 Å². The fourth-order valence-corrected chi connectivity index (χ4v) is 5.09. The van der Waals surface area contributed by atoms with Crippen molar-refractivity contribution in [3.63, 3.8) is 0 Å². The van der Waals surface area contributed by atoms with Crippen molar-refractivity contribution in [2.24, 2.45) is 0 Å². The van der Waals surface area contributed by atoms with Gasteiger partial charge in [0.05, 0.1) is 27.6 Å². The van der Waals surface area contributed by atoms with E-state index in [2.05, 4.69) is 9.72 Å². The second kappa shape index (κ2) is 7.67. The van der Waals surface area contributed by atoms with Gasteiger partial charge in [-0.2, -0.15) is 0 Å². The van der Waals surface area contributed by atoms with Crippen molar-refractivity contribution in [3.05, 3.63) is 37.5 Å². The Hall–Kier alpha value is -2.06. The van der Waals surface area contributed by atoms with E-state index in [1.54, 1.807) is 19.1 Å². The van der Waals surface area contributed by atoms with Gasteiger partial charge < -0.3 is 9.64 Å². The molecule has 2 aromatic heterocycles. The van der Waals surface area contributed by atoms with Crippen LogP contribution < -0.4 is 0 Å². The predicted octanol–water partition coefficient (Wildman–Crippen LogP) is 3.52. The van der Waals surface area contributed by atoms with Crippen LogP contribution >= 0.6 is 22.7 Å². The maximum Gasteiger partial charge on any atom is 0.348 e. The molecule has 1 aliphatic rings. The van der Waals surface area contributed by atoms with Gasteiger partial charge in [-0.3, -0.25) is 9.59 Å². The number of piperidine rings is 1. The second-order valence-electron chi connectivity index (χ2n) is 6.24. The Morgan fingerprint density at radius 2 is 1.81 bits per heavy atom. The number of carbonyl (C=O) groups excluding carboxylic acids is 3. The quantitative estimate of drug-likeness (QED) is 0.588. The zero-order valence-electron chi connectivity index (χ0n) is 14.9. The fraction of sp³-hybridized carbons (Fsp3) is 0.444. The number of rotatable bonds is 4. The van der Waals surface area contributed by atoms with E-state index in [9.17, 15) is 14.4 Å². The molecule has 1 aliphatic heterocycles. The van der Waals surface area contributed by atoms with Crippen LogP contribution in [0.2, 0.25) is 0 Å². The first-order valence-corrected chi connectivity index (χ1v) is 9.99. The van der Waals surface area contributed by atoms with Crippen molar-refractivity contribution in [2.75, 3.05) is 20.2 Å². The van der Waals surface area contributed by atoms with Gasteiger partial charge >= 0.3 is 5.97 Å². The first-order chi connectivity index (χ1) is 12.4. The van der Waals surface area contributed by atoms with Crippen LogP contribution in [0.4, 0.5) is 0 Å². The average molecular weight is 393 g/mol. The highest BCUT2D eigenvalue weighted by molar-refractivity contribution is 7.15. The number of carbonyl (C=O) groups is 3. The molecule has 2 aromatic rings. The molecule has 1 amide bonds. The molecule has 0 radical (unpaired) electrons. The molecule has 0 bridgehead atoms. The SMILES string of the molecule is COC(=O)c1ccc(C(=O)N2CCC(c3nc(C)c(C(C)=O)s3)CC2)s1. The maximum atomic E-state index is 12.6. The van der Waals surface area contributed by atoms with Gasteiger partial charge in [0.15, 0.2) is 5.78 Å². The van der Waals surface area contributed by atoms with E-state index in [4.69, 9.17) is 0 Å². The molecular weight excluding hydrogens is 372 g/mol. The lowest BCUT2D eigenvalue weighted by molar-refractivity contribution is 0.0606. The number of amides is 1. The number of methoxy groups -OCH3 is 1. The van der Waals surface area contributed by atoms with Gasteiger partial charge in [-0.1, -0.05) is 0 Å². The monoisotopic (exact) mass is 392 g/mol. The highest BCUT2D eigenvalue weighted by Crippen LogP contribution is 2.33. The summed E-state index contributed by atoms with van der Waals surface area (Å²) in [4.78, 5) is 43.9. The summed E-state index contributed by atoms with van der Waals surface area (Å²) in [6.45, 7) is 4.71. The number of aromatic nitrogens is 1.